The summed E-state index contributed by atoms with van der Waals surface area (Å²) < 4.78 is 0. The minimum atomic E-state index is -1.57. The van der Waals surface area contributed by atoms with Gasteiger partial charge in [-0.3, -0.25) is 0 Å². The molecule has 0 bridgehead atoms. The molecule has 0 aromatic heterocycles. The van der Waals surface area contributed by atoms with Crippen molar-refractivity contribution in [3.8, 4) is 0 Å². The van der Waals surface area contributed by atoms with Crippen LogP contribution in [0.2, 0.25) is 27.6 Å². The molecule has 0 nitrogen and oxygen atoms in total. The van der Waals surface area contributed by atoms with Crippen molar-refractivity contribution in [3.63, 3.8) is 0 Å². The molecule has 0 saturated carbocycles. The average molecular weight is 224 g/mol. The molecule has 0 atom stereocenters. The van der Waals surface area contributed by atoms with Crippen LogP contribution in [0.25, 0.3) is 0 Å². The van der Waals surface area contributed by atoms with Crippen molar-refractivity contribution in [1.29, 1.82) is 0 Å². The van der Waals surface area contributed by atoms with Crippen LogP contribution in [0.1, 0.15) is 33.6 Å². The Kier molecular flexibility index (Phi) is 4.14. The van der Waals surface area contributed by atoms with Crippen LogP contribution in [0.5, 0.6) is 0 Å². The fourth-order valence-corrected chi connectivity index (χ4v) is 5.87. The molecular formula is C10H25Se. The van der Waals surface area contributed by atoms with Gasteiger partial charge in [-0.25, -0.2) is 0 Å². The first-order chi connectivity index (χ1) is 4.96. The van der Waals surface area contributed by atoms with Crippen molar-refractivity contribution in [2.45, 2.75) is 61.2 Å². The van der Waals surface area contributed by atoms with Gasteiger partial charge in [0.15, 0.2) is 0 Å². The van der Waals surface area contributed by atoms with Gasteiger partial charge in [-0.05, 0) is 0 Å². The Bertz CT molecular complexity index is 108. The maximum absolute atomic E-state index is 2.59. The van der Waals surface area contributed by atoms with Gasteiger partial charge in [0.25, 0.3) is 0 Å². The third-order valence-electron chi connectivity index (χ3n) is 3.17. The first-order valence-corrected chi connectivity index (χ1v) is 11.9. The summed E-state index contributed by atoms with van der Waals surface area (Å²) in [7, 11) is 0. The van der Waals surface area contributed by atoms with Gasteiger partial charge in [-0.15, -0.1) is 0 Å². The monoisotopic (exact) mass is 225 g/mol. The molecule has 1 radical (unpaired) electrons. The van der Waals surface area contributed by atoms with Crippen LogP contribution in [0.15, 0.2) is 0 Å². The summed E-state index contributed by atoms with van der Waals surface area (Å²) in [5.41, 5.74) is 0. The van der Waals surface area contributed by atoms with Crippen LogP contribution in [0.4, 0.5) is 0 Å². The summed E-state index contributed by atoms with van der Waals surface area (Å²) in [5.74, 6) is 5.19. The van der Waals surface area contributed by atoms with E-state index in [0.717, 1.165) is 0 Å². The second-order valence-electron chi connectivity index (χ2n) is 4.39. The molecule has 11 heavy (non-hydrogen) atoms. The summed E-state index contributed by atoms with van der Waals surface area (Å²) >= 11 is -1.57. The van der Waals surface area contributed by atoms with Crippen molar-refractivity contribution >= 4 is 11.8 Å². The van der Waals surface area contributed by atoms with Gasteiger partial charge < -0.3 is 0 Å². The topological polar surface area (TPSA) is 0 Å². The van der Waals surface area contributed by atoms with E-state index >= 15 is 0 Å². The van der Waals surface area contributed by atoms with Gasteiger partial charge >= 0.3 is 73.0 Å². The van der Waals surface area contributed by atoms with Gasteiger partial charge in [0.2, 0.25) is 0 Å². The van der Waals surface area contributed by atoms with Crippen molar-refractivity contribution in [1.82, 2.24) is 0 Å². The zero-order valence-electron chi connectivity index (χ0n) is 8.94. The number of hydrogen-bond acceptors (Lipinski definition) is 0. The van der Waals surface area contributed by atoms with E-state index < -0.39 is 11.8 Å². The van der Waals surface area contributed by atoms with E-state index in [2.05, 4.69) is 32.4 Å². The van der Waals surface area contributed by atoms with Gasteiger partial charge in [-0.1, -0.05) is 0 Å². The van der Waals surface area contributed by atoms with E-state index in [1.54, 1.807) is 5.32 Å². The van der Waals surface area contributed by atoms with E-state index in [0.29, 0.717) is 0 Å². The molecule has 0 aliphatic heterocycles. The Morgan fingerprint density at radius 1 is 0.909 bits per heavy atom. The zero-order chi connectivity index (χ0) is 8.98. The second-order valence-corrected chi connectivity index (χ2v) is 19.2. The summed E-state index contributed by atoms with van der Waals surface area (Å²) in [6.07, 6.45) is 2.82. The Labute approximate surface area is 73.3 Å². The Morgan fingerprint density at radius 2 is 1.36 bits per heavy atom. The SMILES string of the molecule is CCCC[Se](C)(C)(CC)CC. The summed E-state index contributed by atoms with van der Waals surface area (Å²) in [5, 5.41) is 4.48. The number of hydrogen-bond donors (Lipinski definition) is 0. The quantitative estimate of drug-likeness (QED) is 0.603. The van der Waals surface area contributed by atoms with Crippen molar-refractivity contribution in [2.75, 3.05) is 0 Å². The predicted octanol–water partition coefficient (Wildman–Crippen LogP) is 4.49. The summed E-state index contributed by atoms with van der Waals surface area (Å²) in [6, 6.07) is 0. The minimum absolute atomic E-state index is 1.37. The molecule has 0 rings (SSSR count). The van der Waals surface area contributed by atoms with Gasteiger partial charge in [-0.2, -0.15) is 0 Å². The molecule has 0 aliphatic carbocycles. The molecule has 0 N–H and O–H groups in total. The van der Waals surface area contributed by atoms with Crippen molar-refractivity contribution in [2.24, 2.45) is 0 Å². The fraction of sp³-hybridized carbons (Fsp3) is 1.00. The van der Waals surface area contributed by atoms with Crippen LogP contribution in [-0.2, 0) is 0 Å². The first-order valence-electron chi connectivity index (χ1n) is 4.80. The molecule has 0 aliphatic rings. The average Bonchev–Trinajstić information content (AvgIpc) is 2.02. The molecule has 0 fully saturated rings. The third-order valence-corrected chi connectivity index (χ3v) is 15.0. The Morgan fingerprint density at radius 3 is 1.64 bits per heavy atom. The molecule has 0 amide bonds. The predicted molar refractivity (Wildman–Crippen MR) is 58.2 cm³/mol. The number of rotatable bonds is 5. The second kappa shape index (κ2) is 3.96. The first kappa shape index (κ1) is 11.5. The van der Waals surface area contributed by atoms with Crippen LogP contribution in [0.3, 0.4) is 0 Å². The molecule has 1 heteroatoms. The Hall–Kier alpha value is 0.519. The molecular weight excluding hydrogens is 199 g/mol. The van der Waals surface area contributed by atoms with Gasteiger partial charge in [0, 0.05) is 0 Å². The standard InChI is InChI=1S/C10H25Se/c1-6-9-10-11(4,5,7-2)8-3/h6-10H2,1-5H3. The number of unbranched alkanes of at least 4 members (excludes halogenated alkanes) is 1. The fourth-order valence-electron chi connectivity index (χ4n) is 1.13. The van der Waals surface area contributed by atoms with E-state index in [9.17, 15) is 0 Å². The zero-order valence-corrected chi connectivity index (χ0v) is 10.7. The van der Waals surface area contributed by atoms with Gasteiger partial charge in [0.1, 0.15) is 0 Å². The normalized spacial score (nSPS) is 15.9. The molecule has 0 heterocycles. The molecule has 0 spiro atoms. The summed E-state index contributed by atoms with van der Waals surface area (Å²) in [4.78, 5) is 0. The summed E-state index contributed by atoms with van der Waals surface area (Å²) in [6.45, 7) is 7.08. The van der Waals surface area contributed by atoms with Crippen LogP contribution >= 0.6 is 0 Å². The maximum atomic E-state index is 2.59. The van der Waals surface area contributed by atoms with Crippen LogP contribution in [0, 0.1) is 0 Å². The van der Waals surface area contributed by atoms with E-state index in [1.807, 2.05) is 0 Å². The van der Waals surface area contributed by atoms with Crippen LogP contribution in [-0.4, -0.2) is 11.8 Å². The molecule has 0 aromatic rings. The van der Waals surface area contributed by atoms with Crippen molar-refractivity contribution in [3.05, 3.63) is 0 Å². The molecule has 0 saturated heterocycles. The molecule has 71 valence electrons. The van der Waals surface area contributed by atoms with E-state index in [-0.39, 0.29) is 0 Å². The van der Waals surface area contributed by atoms with E-state index in [4.69, 9.17) is 0 Å². The van der Waals surface area contributed by atoms with E-state index in [1.165, 1.54) is 23.5 Å². The van der Waals surface area contributed by atoms with Gasteiger partial charge in [0.05, 0.1) is 0 Å². The Balaban J connectivity index is 4.09. The van der Waals surface area contributed by atoms with Crippen molar-refractivity contribution < 1.29 is 0 Å². The third kappa shape index (κ3) is 3.62. The van der Waals surface area contributed by atoms with Crippen LogP contribution < -0.4 is 0 Å². The molecule has 0 aromatic carbocycles. The molecule has 0 unspecified atom stereocenters.